The summed E-state index contributed by atoms with van der Waals surface area (Å²) in [4.78, 5) is 0. The van der Waals surface area contributed by atoms with Gasteiger partial charge in [-0.3, -0.25) is 0 Å². The van der Waals surface area contributed by atoms with Gasteiger partial charge in [-0.1, -0.05) is 20.3 Å². The van der Waals surface area contributed by atoms with E-state index in [-0.39, 0.29) is 0 Å². The Morgan fingerprint density at radius 2 is 2.11 bits per heavy atom. The molecule has 0 aromatic heterocycles. The summed E-state index contributed by atoms with van der Waals surface area (Å²) in [5.74, 6) is 1.93. The second kappa shape index (κ2) is 2.70. The quantitative estimate of drug-likeness (QED) is 0.607. The van der Waals surface area contributed by atoms with E-state index in [1.54, 1.807) is 0 Å². The smallest absolute Gasteiger partial charge is 0.0124 e. The van der Waals surface area contributed by atoms with Crippen LogP contribution in [-0.2, 0) is 0 Å². The maximum absolute atomic E-state index is 3.32. The molecule has 0 aromatic rings. The maximum atomic E-state index is 3.32. The molecule has 9 heavy (non-hydrogen) atoms. The maximum Gasteiger partial charge on any atom is 0.0124 e. The van der Waals surface area contributed by atoms with E-state index in [1.807, 2.05) is 0 Å². The lowest BCUT2D eigenvalue weighted by atomic mass is 10.2. The van der Waals surface area contributed by atoms with E-state index in [0.717, 1.165) is 17.9 Å². The highest BCUT2D eigenvalue weighted by Gasteiger charge is 2.43. The third-order valence-electron chi connectivity index (χ3n) is 2.52. The second-order valence-electron chi connectivity index (χ2n) is 3.13. The van der Waals surface area contributed by atoms with Gasteiger partial charge in [-0.25, -0.2) is 0 Å². The normalized spacial score (nSPS) is 41.0. The van der Waals surface area contributed by atoms with Crippen LogP contribution in [0, 0.1) is 11.8 Å². The van der Waals surface area contributed by atoms with Gasteiger partial charge in [0, 0.05) is 6.04 Å². The molecule has 0 aromatic carbocycles. The lowest BCUT2D eigenvalue weighted by molar-refractivity contribution is 0.634. The van der Waals surface area contributed by atoms with Gasteiger partial charge in [-0.05, 0) is 25.3 Å². The Morgan fingerprint density at radius 3 is 2.44 bits per heavy atom. The first-order chi connectivity index (χ1) is 4.31. The van der Waals surface area contributed by atoms with Gasteiger partial charge >= 0.3 is 0 Å². The van der Waals surface area contributed by atoms with Crippen LogP contribution in [0.2, 0.25) is 0 Å². The minimum atomic E-state index is 0.838. The van der Waals surface area contributed by atoms with Gasteiger partial charge in [0.1, 0.15) is 0 Å². The van der Waals surface area contributed by atoms with Crippen molar-refractivity contribution < 1.29 is 0 Å². The Kier molecular flexibility index (Phi) is 2.12. The van der Waals surface area contributed by atoms with Gasteiger partial charge < -0.3 is 5.32 Å². The predicted octanol–water partition coefficient (Wildman–Crippen LogP) is 1.64. The summed E-state index contributed by atoms with van der Waals surface area (Å²) in [6.07, 6.45) is 2.75. The van der Waals surface area contributed by atoms with Crippen LogP contribution in [0.1, 0.15) is 26.7 Å². The van der Waals surface area contributed by atoms with Crippen LogP contribution in [0.4, 0.5) is 0 Å². The molecule has 0 bridgehead atoms. The lowest BCUT2D eigenvalue weighted by Crippen LogP contribution is -2.11. The van der Waals surface area contributed by atoms with Crippen molar-refractivity contribution in [3.63, 3.8) is 0 Å². The third-order valence-corrected chi connectivity index (χ3v) is 2.52. The van der Waals surface area contributed by atoms with Crippen LogP contribution in [0.3, 0.4) is 0 Å². The molecule has 0 spiro atoms. The molecule has 1 fully saturated rings. The summed E-state index contributed by atoms with van der Waals surface area (Å²) >= 11 is 0. The summed E-state index contributed by atoms with van der Waals surface area (Å²) < 4.78 is 0. The molecule has 0 amide bonds. The fraction of sp³-hybridized carbons (Fsp3) is 1.00. The summed E-state index contributed by atoms with van der Waals surface area (Å²) in [6.45, 7) is 4.60. The van der Waals surface area contributed by atoms with Crippen molar-refractivity contribution >= 4 is 0 Å². The van der Waals surface area contributed by atoms with Gasteiger partial charge in [-0.15, -0.1) is 0 Å². The average molecular weight is 127 g/mol. The highest BCUT2D eigenvalue weighted by molar-refractivity contribution is 4.98. The lowest BCUT2D eigenvalue weighted by Gasteiger charge is -1.92. The first-order valence-electron chi connectivity index (χ1n) is 3.98. The Bertz CT molecular complexity index is 90.6. The molecule has 0 heterocycles. The van der Waals surface area contributed by atoms with E-state index in [9.17, 15) is 0 Å². The first-order valence-corrected chi connectivity index (χ1v) is 3.98. The Labute approximate surface area is 57.8 Å². The van der Waals surface area contributed by atoms with Crippen molar-refractivity contribution in [2.45, 2.75) is 32.7 Å². The van der Waals surface area contributed by atoms with Crippen molar-refractivity contribution in [2.75, 3.05) is 7.05 Å². The molecule has 3 atom stereocenters. The molecule has 1 nitrogen and oxygen atoms in total. The molecule has 1 aliphatic rings. The van der Waals surface area contributed by atoms with E-state index in [1.165, 1.54) is 12.8 Å². The molecule has 0 aliphatic heterocycles. The molecular weight excluding hydrogens is 110 g/mol. The standard InChI is InChI=1S/C8H17N/c1-4-5-7-6(2)8(7)9-3/h6-9H,4-5H2,1-3H3. The van der Waals surface area contributed by atoms with Crippen LogP contribution in [0.25, 0.3) is 0 Å². The predicted molar refractivity (Wildman–Crippen MR) is 40.4 cm³/mol. The van der Waals surface area contributed by atoms with Crippen molar-refractivity contribution in [2.24, 2.45) is 11.8 Å². The summed E-state index contributed by atoms with van der Waals surface area (Å²) in [6, 6.07) is 0.838. The van der Waals surface area contributed by atoms with E-state index in [4.69, 9.17) is 0 Å². The van der Waals surface area contributed by atoms with Gasteiger partial charge in [0.05, 0.1) is 0 Å². The summed E-state index contributed by atoms with van der Waals surface area (Å²) in [5.41, 5.74) is 0. The van der Waals surface area contributed by atoms with Crippen molar-refractivity contribution in [3.8, 4) is 0 Å². The molecule has 1 heteroatoms. The number of hydrogen-bond acceptors (Lipinski definition) is 1. The van der Waals surface area contributed by atoms with Crippen molar-refractivity contribution in [3.05, 3.63) is 0 Å². The van der Waals surface area contributed by atoms with E-state index >= 15 is 0 Å². The van der Waals surface area contributed by atoms with Gasteiger partial charge in [0.15, 0.2) is 0 Å². The molecule has 1 N–H and O–H groups in total. The van der Waals surface area contributed by atoms with Crippen molar-refractivity contribution in [1.29, 1.82) is 0 Å². The van der Waals surface area contributed by atoms with Gasteiger partial charge in [0.25, 0.3) is 0 Å². The van der Waals surface area contributed by atoms with Crippen LogP contribution in [-0.4, -0.2) is 13.1 Å². The topological polar surface area (TPSA) is 12.0 Å². The zero-order valence-electron chi connectivity index (χ0n) is 6.65. The minimum Gasteiger partial charge on any atom is -0.316 e. The summed E-state index contributed by atoms with van der Waals surface area (Å²) in [7, 11) is 2.07. The number of rotatable bonds is 3. The van der Waals surface area contributed by atoms with Gasteiger partial charge in [-0.2, -0.15) is 0 Å². The molecule has 1 rings (SSSR count). The minimum absolute atomic E-state index is 0.838. The molecule has 1 saturated carbocycles. The largest absolute Gasteiger partial charge is 0.316 e. The number of hydrogen-bond donors (Lipinski definition) is 1. The van der Waals surface area contributed by atoms with E-state index in [2.05, 4.69) is 26.2 Å². The van der Waals surface area contributed by atoms with Crippen molar-refractivity contribution in [1.82, 2.24) is 5.32 Å². The van der Waals surface area contributed by atoms with E-state index < -0.39 is 0 Å². The zero-order valence-corrected chi connectivity index (χ0v) is 6.65. The van der Waals surface area contributed by atoms with Crippen LogP contribution >= 0.6 is 0 Å². The van der Waals surface area contributed by atoms with E-state index in [0.29, 0.717) is 0 Å². The number of nitrogens with one attached hydrogen (secondary N) is 1. The SMILES string of the molecule is CCCC1C(C)C1NC. The Morgan fingerprint density at radius 1 is 1.44 bits per heavy atom. The third kappa shape index (κ3) is 1.26. The van der Waals surface area contributed by atoms with Crippen LogP contribution < -0.4 is 5.32 Å². The first kappa shape index (κ1) is 7.07. The highest BCUT2D eigenvalue weighted by atomic mass is 15.0. The molecule has 0 radical (unpaired) electrons. The average Bonchev–Trinajstić information content (AvgIpc) is 2.44. The molecular formula is C8H17N. The Hall–Kier alpha value is -0.0400. The molecule has 1 aliphatic carbocycles. The molecule has 0 saturated heterocycles. The zero-order chi connectivity index (χ0) is 6.85. The fourth-order valence-electron chi connectivity index (χ4n) is 1.80. The second-order valence-corrected chi connectivity index (χ2v) is 3.13. The molecule has 3 unspecified atom stereocenters. The highest BCUT2D eigenvalue weighted by Crippen LogP contribution is 2.41. The van der Waals surface area contributed by atoms with Gasteiger partial charge in [0.2, 0.25) is 0 Å². The van der Waals surface area contributed by atoms with Crippen LogP contribution in [0.15, 0.2) is 0 Å². The molecule has 54 valence electrons. The Balaban J connectivity index is 2.17. The van der Waals surface area contributed by atoms with Crippen LogP contribution in [0.5, 0.6) is 0 Å². The fourth-order valence-corrected chi connectivity index (χ4v) is 1.80. The monoisotopic (exact) mass is 127 g/mol. The summed E-state index contributed by atoms with van der Waals surface area (Å²) in [5, 5.41) is 3.32.